The van der Waals surface area contributed by atoms with Gasteiger partial charge in [-0.05, 0) is 29.8 Å². The van der Waals surface area contributed by atoms with E-state index in [1.54, 1.807) is 0 Å². The van der Waals surface area contributed by atoms with E-state index in [2.05, 4.69) is 5.11 Å². The van der Waals surface area contributed by atoms with Gasteiger partial charge in [-0.3, -0.25) is 40.5 Å². The highest BCUT2D eigenvalue weighted by Crippen LogP contribution is 2.41. The molecule has 0 heterocycles. The Labute approximate surface area is 159 Å². The predicted octanol–water partition coefficient (Wildman–Crippen LogP) is 3.86. The van der Waals surface area contributed by atoms with Crippen LogP contribution in [-0.2, 0) is 0 Å². The maximum Gasteiger partial charge on any atom is 0.398 e. The molecule has 2 rings (SSSR count). The van der Waals surface area contributed by atoms with Gasteiger partial charge in [0.05, 0.1) is 25.8 Å². The average molecular weight is 406 g/mol. The van der Waals surface area contributed by atoms with Gasteiger partial charge in [0.2, 0.25) is 5.69 Å². The summed E-state index contributed by atoms with van der Waals surface area (Å²) < 4.78 is 0. The summed E-state index contributed by atoms with van der Waals surface area (Å²) in [4.78, 5) is 40.2. The molecule has 0 bridgehead atoms. The summed E-state index contributed by atoms with van der Waals surface area (Å²) in [6, 6.07) is 3.26. The van der Waals surface area contributed by atoms with Gasteiger partial charge in [-0.15, -0.1) is 0 Å². The number of benzene rings is 2. The largest absolute Gasteiger partial charge is 0.593 e. The number of nitrogens with zero attached hydrogens (tertiary/aromatic N) is 6. The lowest BCUT2D eigenvalue weighted by molar-refractivity contribution is -0.469. The molecule has 150 valence electrons. The predicted molar refractivity (Wildman–Crippen MR) is 94.4 cm³/mol. The van der Waals surface area contributed by atoms with Crippen molar-refractivity contribution in [1.82, 2.24) is 0 Å². The van der Waals surface area contributed by atoms with Gasteiger partial charge in [-0.1, -0.05) is 0 Å². The van der Waals surface area contributed by atoms with Crippen LogP contribution in [0, 0.1) is 59.5 Å². The topological polar surface area (TPSA) is 211 Å². The summed E-state index contributed by atoms with van der Waals surface area (Å²) in [5.74, 6) is 0. The van der Waals surface area contributed by atoms with E-state index in [1.807, 2.05) is 0 Å². The number of hydrogen-bond donors (Lipinski definition) is 0. The first-order chi connectivity index (χ1) is 13.4. The van der Waals surface area contributed by atoms with Crippen LogP contribution in [0.3, 0.4) is 0 Å². The molecular formula is C14H10N6O9. The van der Waals surface area contributed by atoms with Gasteiger partial charge in [-0.25, -0.2) is 0 Å². The normalized spacial score (nSPS) is 11.2. The van der Waals surface area contributed by atoms with Crippen LogP contribution in [0.4, 0.5) is 34.1 Å². The second kappa shape index (κ2) is 7.59. The summed E-state index contributed by atoms with van der Waals surface area (Å²) in [7, 11) is 0. The zero-order valence-electron chi connectivity index (χ0n) is 14.7. The Hall–Kier alpha value is -4.56. The zero-order chi connectivity index (χ0) is 22.0. The molecule has 0 aliphatic carbocycles. The molecule has 15 nitrogen and oxygen atoms in total. The van der Waals surface area contributed by atoms with Gasteiger partial charge >= 0.3 is 22.7 Å². The van der Waals surface area contributed by atoms with Gasteiger partial charge in [0.25, 0.3) is 5.69 Å². The number of aryl methyl sites for hydroxylation is 2. The van der Waals surface area contributed by atoms with Crippen molar-refractivity contribution >= 4 is 34.1 Å². The summed E-state index contributed by atoms with van der Waals surface area (Å²) in [5.41, 5.74) is -5.15. The third kappa shape index (κ3) is 4.07. The Morgan fingerprint density at radius 1 is 0.690 bits per heavy atom. The van der Waals surface area contributed by atoms with Crippen LogP contribution < -0.4 is 0 Å². The fraction of sp³-hybridized carbons (Fsp3) is 0.143. The highest BCUT2D eigenvalue weighted by Gasteiger charge is 2.36. The molecule has 29 heavy (non-hydrogen) atoms. The molecule has 0 aromatic heterocycles. The maximum absolute atomic E-state index is 12.5. The number of nitro benzene ring substituents is 4. The maximum atomic E-state index is 12.5. The van der Waals surface area contributed by atoms with E-state index in [0.29, 0.717) is 6.07 Å². The van der Waals surface area contributed by atoms with Crippen LogP contribution in [0.15, 0.2) is 29.4 Å². The van der Waals surface area contributed by atoms with Gasteiger partial charge in [-0.2, -0.15) is 0 Å². The van der Waals surface area contributed by atoms with Crippen molar-refractivity contribution in [3.05, 3.63) is 81.1 Å². The Morgan fingerprint density at radius 2 is 1.17 bits per heavy atom. The van der Waals surface area contributed by atoms with Crippen molar-refractivity contribution in [2.75, 3.05) is 0 Å². The molecule has 15 heteroatoms. The molecule has 0 amide bonds. The fourth-order valence-electron chi connectivity index (χ4n) is 2.47. The number of non-ortho nitro benzene ring substituents is 1. The first-order valence-electron chi connectivity index (χ1n) is 7.49. The Bertz CT molecular complexity index is 1080. The van der Waals surface area contributed by atoms with Crippen LogP contribution >= 0.6 is 0 Å². The highest BCUT2D eigenvalue weighted by molar-refractivity contribution is 5.68. The highest BCUT2D eigenvalue weighted by atomic mass is 16.6. The second-order valence-corrected chi connectivity index (χ2v) is 5.68. The molecule has 0 saturated carbocycles. The Kier molecular flexibility index (Phi) is 5.43. The summed E-state index contributed by atoms with van der Waals surface area (Å²) in [6.07, 6.45) is 0. The summed E-state index contributed by atoms with van der Waals surface area (Å²) >= 11 is 0. The van der Waals surface area contributed by atoms with Crippen molar-refractivity contribution in [1.29, 1.82) is 0 Å². The summed E-state index contributed by atoms with van der Waals surface area (Å²) in [5, 5.41) is 60.5. The molecular weight excluding hydrogens is 396 g/mol. The van der Waals surface area contributed by atoms with Crippen LogP contribution in [-0.4, -0.2) is 24.6 Å². The standard InChI is InChI=1S/C14H10N6O9/c1-7-3-11(19(26)27)14(12(4-7)20(28)29)16(21)15-13-8(2)5-9(17(22)23)6-10(13)18(24)25/h3-6H,1-2H3. The van der Waals surface area contributed by atoms with Crippen molar-refractivity contribution in [3.63, 3.8) is 0 Å². The quantitative estimate of drug-likeness (QED) is 0.294. The van der Waals surface area contributed by atoms with E-state index in [-0.39, 0.29) is 11.1 Å². The molecule has 0 N–H and O–H groups in total. The van der Waals surface area contributed by atoms with Gasteiger partial charge in [0.1, 0.15) is 0 Å². The minimum Gasteiger partial charge on any atom is -0.593 e. The van der Waals surface area contributed by atoms with Crippen molar-refractivity contribution in [2.24, 2.45) is 5.11 Å². The summed E-state index contributed by atoms with van der Waals surface area (Å²) in [6.45, 7) is 2.52. The third-order valence-electron chi connectivity index (χ3n) is 3.66. The Morgan fingerprint density at radius 3 is 1.59 bits per heavy atom. The molecule has 2 aromatic carbocycles. The molecule has 0 aliphatic heterocycles. The van der Waals surface area contributed by atoms with E-state index in [4.69, 9.17) is 0 Å². The lowest BCUT2D eigenvalue weighted by Gasteiger charge is -2.05. The van der Waals surface area contributed by atoms with Crippen molar-refractivity contribution in [2.45, 2.75) is 13.8 Å². The number of rotatable bonds is 6. The lowest BCUT2D eigenvalue weighted by atomic mass is 10.1. The van der Waals surface area contributed by atoms with Crippen LogP contribution in [0.5, 0.6) is 0 Å². The second-order valence-electron chi connectivity index (χ2n) is 5.68. The smallest absolute Gasteiger partial charge is 0.398 e. The first kappa shape index (κ1) is 20.7. The van der Waals surface area contributed by atoms with E-state index in [0.717, 1.165) is 18.2 Å². The molecule has 2 aromatic rings. The lowest BCUT2D eigenvalue weighted by Crippen LogP contribution is -2.04. The van der Waals surface area contributed by atoms with Gasteiger partial charge in [0.15, 0.2) is 0 Å². The molecule has 0 atom stereocenters. The van der Waals surface area contributed by atoms with Crippen molar-refractivity contribution in [3.8, 4) is 0 Å². The van der Waals surface area contributed by atoms with Crippen LogP contribution in [0.25, 0.3) is 0 Å². The molecule has 0 aliphatic rings. The zero-order valence-corrected chi connectivity index (χ0v) is 14.7. The van der Waals surface area contributed by atoms with Gasteiger partial charge in [0, 0.05) is 23.3 Å². The van der Waals surface area contributed by atoms with E-state index in [1.165, 1.54) is 13.8 Å². The molecule has 0 unspecified atom stereocenters. The van der Waals surface area contributed by atoms with Crippen molar-refractivity contribution < 1.29 is 24.6 Å². The minimum atomic E-state index is -1.04. The third-order valence-corrected chi connectivity index (χ3v) is 3.66. The SMILES string of the molecule is Cc1cc([N+](=O)[O-])c([N+]([O-])=Nc2c(C)cc([N+](=O)[O-])cc2[N+](=O)[O-])c([N+](=O)[O-])c1. The number of nitro groups is 4. The van der Waals surface area contributed by atoms with Crippen LogP contribution in [0.2, 0.25) is 0 Å². The Balaban J connectivity index is 2.85. The minimum absolute atomic E-state index is 0.123. The number of azo groups is 1. The molecule has 0 spiro atoms. The van der Waals surface area contributed by atoms with Gasteiger partial charge < -0.3 is 5.21 Å². The number of hydrogen-bond acceptors (Lipinski definition) is 10. The average Bonchev–Trinajstić information content (AvgIpc) is 2.61. The molecule has 0 radical (unpaired) electrons. The first-order valence-corrected chi connectivity index (χ1v) is 7.49. The fourth-order valence-corrected chi connectivity index (χ4v) is 2.47. The van der Waals surface area contributed by atoms with E-state index in [9.17, 15) is 45.7 Å². The molecule has 0 saturated heterocycles. The molecule has 0 fully saturated rings. The van der Waals surface area contributed by atoms with E-state index < -0.39 is 58.7 Å². The monoisotopic (exact) mass is 406 g/mol. The van der Waals surface area contributed by atoms with Crippen LogP contribution in [0.1, 0.15) is 11.1 Å². The van der Waals surface area contributed by atoms with E-state index >= 15 is 0 Å².